The van der Waals surface area contributed by atoms with E-state index in [2.05, 4.69) is 10.3 Å². The first-order chi connectivity index (χ1) is 10.1. The second kappa shape index (κ2) is 12.4. The molecule has 21 heavy (non-hydrogen) atoms. The molecule has 6 heteroatoms. The van der Waals surface area contributed by atoms with Gasteiger partial charge >= 0.3 is 0 Å². The fourth-order valence-corrected chi connectivity index (χ4v) is 1.92. The molecule has 0 fully saturated rings. The summed E-state index contributed by atoms with van der Waals surface area (Å²) in [5.41, 5.74) is 0. The Morgan fingerprint density at radius 3 is 2.38 bits per heavy atom. The third-order valence-electron chi connectivity index (χ3n) is 3.10. The Morgan fingerprint density at radius 1 is 1.19 bits per heavy atom. The van der Waals surface area contributed by atoms with Crippen LogP contribution in [0.1, 0.15) is 34.1 Å². The largest absolute Gasteiger partial charge is 0.382 e. The normalized spacial score (nSPS) is 11.4. The van der Waals surface area contributed by atoms with Crippen molar-refractivity contribution in [2.24, 2.45) is 4.99 Å². The second-order valence-corrected chi connectivity index (χ2v) is 4.71. The van der Waals surface area contributed by atoms with Crippen molar-refractivity contribution < 1.29 is 9.53 Å². The number of nitrogens with one attached hydrogen (secondary N) is 1. The van der Waals surface area contributed by atoms with Gasteiger partial charge in [-0.3, -0.25) is 9.79 Å². The number of rotatable bonds is 10. The molecule has 0 heterocycles. The van der Waals surface area contributed by atoms with Crippen LogP contribution in [0.25, 0.3) is 0 Å². The molecule has 0 saturated heterocycles. The van der Waals surface area contributed by atoms with Crippen LogP contribution in [0, 0.1) is 0 Å². The van der Waals surface area contributed by atoms with E-state index in [1.807, 2.05) is 44.5 Å². The molecule has 0 saturated carbocycles. The van der Waals surface area contributed by atoms with Crippen molar-refractivity contribution in [2.45, 2.75) is 34.1 Å². The van der Waals surface area contributed by atoms with Crippen LogP contribution < -0.4 is 5.32 Å². The van der Waals surface area contributed by atoms with E-state index < -0.39 is 0 Å². The summed E-state index contributed by atoms with van der Waals surface area (Å²) in [4.78, 5) is 20.4. The molecule has 0 rings (SSSR count). The van der Waals surface area contributed by atoms with E-state index in [9.17, 15) is 4.79 Å². The number of hydrogen-bond donors (Lipinski definition) is 1. The summed E-state index contributed by atoms with van der Waals surface area (Å²) in [6.07, 6.45) is 0.889. The van der Waals surface area contributed by atoms with E-state index in [0.29, 0.717) is 13.1 Å². The Hall–Kier alpha value is -1.30. The lowest BCUT2D eigenvalue weighted by molar-refractivity contribution is -0.131. The van der Waals surface area contributed by atoms with Gasteiger partial charge in [0.15, 0.2) is 5.96 Å². The molecule has 0 aromatic heterocycles. The maximum atomic E-state index is 12.1. The van der Waals surface area contributed by atoms with Crippen molar-refractivity contribution in [2.75, 3.05) is 53.0 Å². The van der Waals surface area contributed by atoms with Crippen LogP contribution in [0.4, 0.5) is 0 Å². The lowest BCUT2D eigenvalue weighted by atomic mass is 10.4. The Labute approximate surface area is 129 Å². The molecular formula is C15H32N4O2. The molecule has 0 unspecified atom stereocenters. The predicted octanol–water partition coefficient (Wildman–Crippen LogP) is 1.18. The molecule has 1 amide bonds. The first kappa shape index (κ1) is 19.7. The van der Waals surface area contributed by atoms with E-state index in [0.717, 1.165) is 45.2 Å². The van der Waals surface area contributed by atoms with Crippen LogP contribution in [-0.2, 0) is 9.53 Å². The molecule has 0 bridgehead atoms. The van der Waals surface area contributed by atoms with Gasteiger partial charge in [-0.1, -0.05) is 0 Å². The van der Waals surface area contributed by atoms with Crippen LogP contribution in [-0.4, -0.2) is 74.7 Å². The molecule has 0 spiro atoms. The molecule has 124 valence electrons. The third-order valence-corrected chi connectivity index (χ3v) is 3.10. The zero-order valence-electron chi connectivity index (χ0n) is 14.3. The van der Waals surface area contributed by atoms with E-state index in [4.69, 9.17) is 4.74 Å². The summed E-state index contributed by atoms with van der Waals surface area (Å²) in [6.45, 7) is 12.8. The number of carbonyl (C=O) groups is 1. The van der Waals surface area contributed by atoms with Crippen LogP contribution in [0.15, 0.2) is 4.99 Å². The highest BCUT2D eigenvalue weighted by Gasteiger charge is 2.14. The van der Waals surface area contributed by atoms with Crippen LogP contribution in [0.2, 0.25) is 0 Å². The summed E-state index contributed by atoms with van der Waals surface area (Å²) < 4.78 is 5.30. The van der Waals surface area contributed by atoms with Crippen LogP contribution >= 0.6 is 0 Å². The van der Waals surface area contributed by atoms with Gasteiger partial charge in [0.2, 0.25) is 5.91 Å². The monoisotopic (exact) mass is 300 g/mol. The number of ether oxygens (including phenoxy) is 1. The number of likely N-dealkylation sites (N-methyl/N-ethyl adjacent to an activating group) is 2. The van der Waals surface area contributed by atoms with Gasteiger partial charge in [-0.2, -0.15) is 0 Å². The zero-order valence-corrected chi connectivity index (χ0v) is 14.3. The summed E-state index contributed by atoms with van der Waals surface area (Å²) in [5, 5.41) is 3.22. The number of amides is 1. The van der Waals surface area contributed by atoms with Crippen molar-refractivity contribution in [3.05, 3.63) is 0 Å². The quantitative estimate of drug-likeness (QED) is 0.374. The van der Waals surface area contributed by atoms with Gasteiger partial charge in [0, 0.05) is 46.4 Å². The fraction of sp³-hybridized carbons (Fsp3) is 0.867. The molecule has 0 atom stereocenters. The molecule has 6 nitrogen and oxygen atoms in total. The summed E-state index contributed by atoms with van der Waals surface area (Å²) in [7, 11) is 1.89. The van der Waals surface area contributed by atoms with Gasteiger partial charge in [-0.25, -0.2) is 0 Å². The zero-order chi connectivity index (χ0) is 16.1. The lowest BCUT2D eigenvalue weighted by Gasteiger charge is -2.25. The molecule has 0 aliphatic carbocycles. The number of carbonyl (C=O) groups excluding carboxylic acids is 1. The molecule has 0 aromatic carbocycles. The van der Waals surface area contributed by atoms with Gasteiger partial charge < -0.3 is 19.9 Å². The Kier molecular flexibility index (Phi) is 11.7. The smallest absolute Gasteiger partial charge is 0.242 e. The van der Waals surface area contributed by atoms with Crippen molar-refractivity contribution in [1.29, 1.82) is 0 Å². The maximum absolute atomic E-state index is 12.1. The SMILES string of the molecule is CCNC(=NCCCOCC)N(C)CC(=O)N(CC)CC. The van der Waals surface area contributed by atoms with Gasteiger partial charge in [-0.15, -0.1) is 0 Å². The van der Waals surface area contributed by atoms with E-state index in [1.165, 1.54) is 0 Å². The van der Waals surface area contributed by atoms with Crippen LogP contribution in [0.3, 0.4) is 0 Å². The standard InChI is InChI=1S/C15H32N4O2/c1-6-16-15(17-11-10-12-21-9-4)18(5)13-14(20)19(7-2)8-3/h6-13H2,1-5H3,(H,16,17). The molecule has 0 aliphatic rings. The van der Waals surface area contributed by atoms with Crippen molar-refractivity contribution >= 4 is 11.9 Å². The van der Waals surface area contributed by atoms with Gasteiger partial charge in [-0.05, 0) is 34.1 Å². The van der Waals surface area contributed by atoms with Crippen molar-refractivity contribution in [3.8, 4) is 0 Å². The first-order valence-electron chi connectivity index (χ1n) is 7.95. The average molecular weight is 300 g/mol. The number of hydrogen-bond acceptors (Lipinski definition) is 3. The van der Waals surface area contributed by atoms with Crippen LogP contribution in [0.5, 0.6) is 0 Å². The number of guanidine groups is 1. The highest BCUT2D eigenvalue weighted by atomic mass is 16.5. The fourth-order valence-electron chi connectivity index (χ4n) is 1.92. The Balaban J connectivity index is 4.42. The second-order valence-electron chi connectivity index (χ2n) is 4.71. The number of aliphatic imine (C=N–C) groups is 1. The average Bonchev–Trinajstić information content (AvgIpc) is 2.47. The molecule has 0 radical (unpaired) electrons. The van der Waals surface area contributed by atoms with Gasteiger partial charge in [0.1, 0.15) is 0 Å². The molecule has 1 N–H and O–H groups in total. The van der Waals surface area contributed by atoms with E-state index in [1.54, 1.807) is 0 Å². The minimum absolute atomic E-state index is 0.127. The van der Waals surface area contributed by atoms with Crippen molar-refractivity contribution in [1.82, 2.24) is 15.1 Å². The molecule has 0 aromatic rings. The third kappa shape index (κ3) is 8.55. The lowest BCUT2D eigenvalue weighted by Crippen LogP contribution is -2.45. The highest BCUT2D eigenvalue weighted by molar-refractivity contribution is 5.86. The van der Waals surface area contributed by atoms with Crippen molar-refractivity contribution in [3.63, 3.8) is 0 Å². The Morgan fingerprint density at radius 2 is 1.86 bits per heavy atom. The number of nitrogens with zero attached hydrogens (tertiary/aromatic N) is 3. The van der Waals surface area contributed by atoms with Gasteiger partial charge in [0.25, 0.3) is 0 Å². The minimum atomic E-state index is 0.127. The Bertz CT molecular complexity index is 304. The predicted molar refractivity (Wildman–Crippen MR) is 87.6 cm³/mol. The topological polar surface area (TPSA) is 57.2 Å². The first-order valence-corrected chi connectivity index (χ1v) is 7.95. The molecule has 0 aliphatic heterocycles. The van der Waals surface area contributed by atoms with E-state index >= 15 is 0 Å². The van der Waals surface area contributed by atoms with Gasteiger partial charge in [0.05, 0.1) is 6.54 Å². The summed E-state index contributed by atoms with van der Waals surface area (Å²) >= 11 is 0. The molecular weight excluding hydrogens is 268 g/mol. The summed E-state index contributed by atoms with van der Waals surface area (Å²) in [5.74, 6) is 0.900. The summed E-state index contributed by atoms with van der Waals surface area (Å²) in [6, 6.07) is 0. The minimum Gasteiger partial charge on any atom is -0.382 e. The van der Waals surface area contributed by atoms with E-state index in [-0.39, 0.29) is 5.91 Å². The highest BCUT2D eigenvalue weighted by Crippen LogP contribution is 1.94. The maximum Gasteiger partial charge on any atom is 0.242 e.